The van der Waals surface area contributed by atoms with Gasteiger partial charge in [0.15, 0.2) is 0 Å². The molecule has 0 rings (SSSR count). The molecule has 0 unspecified atom stereocenters. The molecule has 0 spiro atoms. The number of allylic oxidation sites excluding steroid dienone is 1. The van der Waals surface area contributed by atoms with Crippen LogP contribution in [0.1, 0.15) is 6.92 Å². The van der Waals surface area contributed by atoms with Crippen LogP contribution in [0.15, 0.2) is 11.6 Å². The lowest BCUT2D eigenvalue weighted by molar-refractivity contribution is -0.0923. The minimum Gasteiger partial charge on any atom is -0.326 e. The van der Waals surface area contributed by atoms with Gasteiger partial charge in [0.1, 0.15) is 0 Å². The van der Waals surface area contributed by atoms with Gasteiger partial charge in [0.2, 0.25) is 0 Å². The van der Waals surface area contributed by atoms with E-state index in [0.717, 1.165) is 6.08 Å². The fourth-order valence-electron chi connectivity index (χ4n) is 0.397. The summed E-state index contributed by atoms with van der Waals surface area (Å²) in [5, 5.41) is 0. The molecule has 54 valence electrons. The molecule has 0 aliphatic carbocycles. The predicted molar refractivity (Wildman–Crippen MR) is 28.9 cm³/mol. The Kier molecular flexibility index (Phi) is 2.70. The lowest BCUT2D eigenvalue weighted by atomic mass is 10.2. The molecule has 2 N–H and O–H groups in total. The minimum atomic E-state index is -4.25. The fourth-order valence-corrected chi connectivity index (χ4v) is 0.397. The van der Waals surface area contributed by atoms with Gasteiger partial charge >= 0.3 is 6.18 Å². The van der Waals surface area contributed by atoms with Crippen molar-refractivity contribution in [1.29, 1.82) is 0 Å². The Balaban J connectivity index is 4.14. The summed E-state index contributed by atoms with van der Waals surface area (Å²) in [6.07, 6.45) is -3.27. The molecule has 1 nitrogen and oxygen atoms in total. The molecule has 0 aromatic carbocycles. The van der Waals surface area contributed by atoms with E-state index < -0.39 is 18.3 Å². The highest BCUT2D eigenvalue weighted by molar-refractivity contribution is 5.08. The average Bonchev–Trinajstić information content (AvgIpc) is 1.65. The molecular formula is C5H8F3N. The van der Waals surface area contributed by atoms with E-state index in [0.29, 0.717) is 0 Å². The van der Waals surface area contributed by atoms with Gasteiger partial charge < -0.3 is 5.73 Å². The van der Waals surface area contributed by atoms with Crippen LogP contribution >= 0.6 is 0 Å². The van der Waals surface area contributed by atoms with Crippen molar-refractivity contribution in [2.75, 3.05) is 6.54 Å². The Morgan fingerprint density at radius 2 is 2.00 bits per heavy atom. The first kappa shape index (κ1) is 8.49. The van der Waals surface area contributed by atoms with E-state index in [4.69, 9.17) is 5.73 Å². The highest BCUT2D eigenvalue weighted by Crippen LogP contribution is 2.23. The molecule has 0 aromatic rings. The van der Waals surface area contributed by atoms with Gasteiger partial charge in [0.25, 0.3) is 0 Å². The van der Waals surface area contributed by atoms with Crippen LogP contribution in [0.4, 0.5) is 13.2 Å². The van der Waals surface area contributed by atoms with Gasteiger partial charge in [-0.25, -0.2) is 0 Å². The van der Waals surface area contributed by atoms with E-state index in [9.17, 15) is 13.2 Å². The standard InChI is InChI=1S/C5H8F3N/c1-2-4(3-9)5(6,7)8/h2H,3,9H2,1H3/b4-2+. The lowest BCUT2D eigenvalue weighted by Gasteiger charge is -2.06. The predicted octanol–water partition coefficient (Wildman–Crippen LogP) is 1.45. The topological polar surface area (TPSA) is 26.0 Å². The van der Waals surface area contributed by atoms with Crippen molar-refractivity contribution in [2.24, 2.45) is 5.73 Å². The first-order chi connectivity index (χ1) is 4.02. The second kappa shape index (κ2) is 2.87. The summed E-state index contributed by atoms with van der Waals surface area (Å²) in [7, 11) is 0. The van der Waals surface area contributed by atoms with Gasteiger partial charge in [-0.15, -0.1) is 0 Å². The largest absolute Gasteiger partial charge is 0.413 e. The third kappa shape index (κ3) is 2.51. The van der Waals surface area contributed by atoms with Gasteiger partial charge in [-0.05, 0) is 6.92 Å². The number of hydrogen-bond acceptors (Lipinski definition) is 1. The van der Waals surface area contributed by atoms with Crippen molar-refractivity contribution in [3.63, 3.8) is 0 Å². The van der Waals surface area contributed by atoms with Gasteiger partial charge in [-0.1, -0.05) is 6.08 Å². The quantitative estimate of drug-likeness (QED) is 0.547. The summed E-state index contributed by atoms with van der Waals surface area (Å²) in [6.45, 7) is 0.871. The molecule has 0 saturated heterocycles. The zero-order chi connectivity index (χ0) is 7.49. The number of hydrogen-bond donors (Lipinski definition) is 1. The van der Waals surface area contributed by atoms with Gasteiger partial charge in [-0.2, -0.15) is 13.2 Å². The molecule has 0 saturated carbocycles. The van der Waals surface area contributed by atoms with Crippen LogP contribution in [-0.2, 0) is 0 Å². The molecule has 0 fully saturated rings. The number of rotatable bonds is 1. The molecule has 0 heterocycles. The van der Waals surface area contributed by atoms with Crippen molar-refractivity contribution >= 4 is 0 Å². The van der Waals surface area contributed by atoms with Crippen molar-refractivity contribution < 1.29 is 13.2 Å². The summed E-state index contributed by atoms with van der Waals surface area (Å²) < 4.78 is 34.7. The van der Waals surface area contributed by atoms with E-state index in [1.54, 1.807) is 0 Å². The Morgan fingerprint density at radius 1 is 1.56 bits per heavy atom. The Morgan fingerprint density at radius 3 is 2.00 bits per heavy atom. The van der Waals surface area contributed by atoms with Gasteiger partial charge in [0.05, 0.1) is 0 Å². The molecule has 0 aliphatic heterocycles. The summed E-state index contributed by atoms with van der Waals surface area (Å²) in [4.78, 5) is 0. The molecule has 0 aromatic heterocycles. The Bertz CT molecular complexity index is 114. The van der Waals surface area contributed by atoms with Crippen molar-refractivity contribution in [3.05, 3.63) is 11.6 Å². The van der Waals surface area contributed by atoms with Crippen LogP contribution < -0.4 is 5.73 Å². The first-order valence-corrected chi connectivity index (χ1v) is 2.44. The molecule has 0 amide bonds. The van der Waals surface area contributed by atoms with Crippen LogP contribution in [0.2, 0.25) is 0 Å². The molecular weight excluding hydrogens is 131 g/mol. The van der Waals surface area contributed by atoms with Gasteiger partial charge in [0, 0.05) is 12.1 Å². The third-order valence-electron chi connectivity index (χ3n) is 0.932. The summed E-state index contributed by atoms with van der Waals surface area (Å²) in [6, 6.07) is 0. The van der Waals surface area contributed by atoms with Crippen LogP contribution in [-0.4, -0.2) is 12.7 Å². The van der Waals surface area contributed by atoms with Crippen molar-refractivity contribution in [3.8, 4) is 0 Å². The zero-order valence-corrected chi connectivity index (χ0v) is 5.00. The lowest BCUT2D eigenvalue weighted by Crippen LogP contribution is -2.19. The summed E-state index contributed by atoms with van der Waals surface area (Å²) in [5.41, 5.74) is 4.10. The first-order valence-electron chi connectivity index (χ1n) is 2.44. The van der Waals surface area contributed by atoms with Crippen LogP contribution in [0, 0.1) is 0 Å². The molecule has 0 atom stereocenters. The van der Waals surface area contributed by atoms with Gasteiger partial charge in [-0.3, -0.25) is 0 Å². The minimum absolute atomic E-state index is 0.444. The van der Waals surface area contributed by atoms with Crippen LogP contribution in [0.3, 0.4) is 0 Å². The van der Waals surface area contributed by atoms with E-state index in [-0.39, 0.29) is 0 Å². The van der Waals surface area contributed by atoms with E-state index in [1.165, 1.54) is 6.92 Å². The molecule has 9 heavy (non-hydrogen) atoms. The SMILES string of the molecule is C/C=C(\CN)C(F)(F)F. The van der Waals surface area contributed by atoms with E-state index in [1.807, 2.05) is 0 Å². The normalized spacial score (nSPS) is 14.1. The summed E-state index contributed by atoms with van der Waals surface area (Å²) >= 11 is 0. The number of alkyl halides is 3. The molecule has 0 radical (unpaired) electrons. The molecule has 0 bridgehead atoms. The smallest absolute Gasteiger partial charge is 0.326 e. The second-order valence-electron chi connectivity index (χ2n) is 1.52. The highest BCUT2D eigenvalue weighted by Gasteiger charge is 2.31. The second-order valence-corrected chi connectivity index (χ2v) is 1.52. The van der Waals surface area contributed by atoms with Crippen molar-refractivity contribution in [1.82, 2.24) is 0 Å². The fraction of sp³-hybridized carbons (Fsp3) is 0.600. The van der Waals surface area contributed by atoms with Crippen LogP contribution in [0.5, 0.6) is 0 Å². The third-order valence-corrected chi connectivity index (χ3v) is 0.932. The monoisotopic (exact) mass is 139 g/mol. The number of halogens is 3. The Hall–Kier alpha value is -0.510. The van der Waals surface area contributed by atoms with E-state index in [2.05, 4.69) is 0 Å². The maximum Gasteiger partial charge on any atom is 0.413 e. The molecule has 0 aliphatic rings. The maximum absolute atomic E-state index is 11.6. The molecule has 4 heteroatoms. The Labute approximate surface area is 51.3 Å². The van der Waals surface area contributed by atoms with E-state index >= 15 is 0 Å². The average molecular weight is 139 g/mol. The maximum atomic E-state index is 11.6. The summed E-state index contributed by atoms with van der Waals surface area (Å²) in [5.74, 6) is 0. The van der Waals surface area contributed by atoms with Crippen molar-refractivity contribution in [2.45, 2.75) is 13.1 Å². The van der Waals surface area contributed by atoms with Crippen LogP contribution in [0.25, 0.3) is 0 Å². The number of nitrogens with two attached hydrogens (primary N) is 1. The highest BCUT2D eigenvalue weighted by atomic mass is 19.4. The zero-order valence-electron chi connectivity index (χ0n) is 5.00.